The van der Waals surface area contributed by atoms with Crippen LogP contribution in [-0.4, -0.2) is 40.9 Å². The van der Waals surface area contributed by atoms with Gasteiger partial charge in [-0.15, -0.1) is 0 Å². The smallest absolute Gasteiger partial charge is 0.254 e. The van der Waals surface area contributed by atoms with Gasteiger partial charge in [0.25, 0.3) is 5.91 Å². The molecule has 1 saturated heterocycles. The molecule has 0 radical (unpaired) electrons. The van der Waals surface area contributed by atoms with Crippen molar-refractivity contribution >= 4 is 11.7 Å². The van der Waals surface area contributed by atoms with E-state index in [1.165, 1.54) is 0 Å². The van der Waals surface area contributed by atoms with Crippen molar-refractivity contribution in [2.24, 2.45) is 0 Å². The summed E-state index contributed by atoms with van der Waals surface area (Å²) in [6, 6.07) is 15.7. The quantitative estimate of drug-likeness (QED) is 0.883. The van der Waals surface area contributed by atoms with Gasteiger partial charge >= 0.3 is 0 Å². The number of ketones is 1. The Morgan fingerprint density at radius 1 is 1.00 bits per heavy atom. The van der Waals surface area contributed by atoms with Crippen LogP contribution in [0.25, 0.3) is 0 Å². The number of nitrogens with zero attached hydrogens (tertiary/aromatic N) is 1. The average Bonchev–Trinajstić information content (AvgIpc) is 3.10. The number of likely N-dealkylation sites (tertiary alicyclic amines) is 1. The molecule has 1 N–H and O–H groups in total. The molecule has 0 saturated carbocycles. The molecular formula is C19H19NO3. The van der Waals surface area contributed by atoms with Crippen molar-refractivity contribution in [3.05, 3.63) is 71.3 Å². The first-order valence-corrected chi connectivity index (χ1v) is 7.83. The first-order valence-electron chi connectivity index (χ1n) is 7.83. The van der Waals surface area contributed by atoms with Crippen LogP contribution in [0.1, 0.15) is 39.1 Å². The molecule has 0 unspecified atom stereocenters. The Morgan fingerprint density at radius 3 is 2.35 bits per heavy atom. The third kappa shape index (κ3) is 3.03. The van der Waals surface area contributed by atoms with Gasteiger partial charge in [0, 0.05) is 17.7 Å². The molecule has 118 valence electrons. The fourth-order valence-corrected chi connectivity index (χ4v) is 3.06. The average molecular weight is 309 g/mol. The van der Waals surface area contributed by atoms with Crippen LogP contribution in [0, 0.1) is 0 Å². The highest BCUT2D eigenvalue weighted by molar-refractivity contribution is 6.15. The van der Waals surface area contributed by atoms with Gasteiger partial charge in [0.05, 0.1) is 18.2 Å². The maximum absolute atomic E-state index is 12.8. The van der Waals surface area contributed by atoms with E-state index in [1.54, 1.807) is 53.4 Å². The van der Waals surface area contributed by atoms with E-state index in [1.807, 2.05) is 6.07 Å². The summed E-state index contributed by atoms with van der Waals surface area (Å²) >= 11 is 0. The predicted octanol–water partition coefficient (Wildman–Crippen LogP) is 2.51. The topological polar surface area (TPSA) is 57.6 Å². The molecule has 1 heterocycles. The summed E-state index contributed by atoms with van der Waals surface area (Å²) in [5.41, 5.74) is 1.38. The van der Waals surface area contributed by atoms with Crippen molar-refractivity contribution in [1.82, 2.24) is 4.90 Å². The van der Waals surface area contributed by atoms with Crippen molar-refractivity contribution in [1.29, 1.82) is 0 Å². The van der Waals surface area contributed by atoms with E-state index in [0.29, 0.717) is 23.2 Å². The fourth-order valence-electron chi connectivity index (χ4n) is 3.06. The van der Waals surface area contributed by atoms with Crippen molar-refractivity contribution < 1.29 is 14.7 Å². The van der Waals surface area contributed by atoms with Gasteiger partial charge in [-0.25, -0.2) is 0 Å². The number of hydrogen-bond acceptors (Lipinski definition) is 3. The Bertz CT molecular complexity index is 712. The lowest BCUT2D eigenvalue weighted by Crippen LogP contribution is -2.38. The van der Waals surface area contributed by atoms with E-state index in [-0.39, 0.29) is 24.3 Å². The molecule has 4 nitrogen and oxygen atoms in total. The van der Waals surface area contributed by atoms with Crippen molar-refractivity contribution in [3.8, 4) is 0 Å². The number of aliphatic hydroxyl groups excluding tert-OH is 1. The Hall–Kier alpha value is -2.46. The van der Waals surface area contributed by atoms with Gasteiger partial charge in [0.2, 0.25) is 0 Å². The largest absolute Gasteiger partial charge is 0.394 e. The summed E-state index contributed by atoms with van der Waals surface area (Å²) in [5.74, 6) is -0.337. The molecule has 2 aromatic rings. The molecular weight excluding hydrogens is 290 g/mol. The minimum Gasteiger partial charge on any atom is -0.394 e. The first-order chi connectivity index (χ1) is 11.2. The van der Waals surface area contributed by atoms with Crippen LogP contribution >= 0.6 is 0 Å². The van der Waals surface area contributed by atoms with Crippen molar-refractivity contribution in [2.45, 2.75) is 18.9 Å². The molecule has 1 aliphatic heterocycles. The zero-order valence-electron chi connectivity index (χ0n) is 12.8. The van der Waals surface area contributed by atoms with Crippen LogP contribution in [0.4, 0.5) is 0 Å². The molecule has 0 aromatic heterocycles. The zero-order chi connectivity index (χ0) is 16.2. The van der Waals surface area contributed by atoms with Gasteiger partial charge in [-0.3, -0.25) is 9.59 Å². The van der Waals surface area contributed by atoms with E-state index in [0.717, 1.165) is 12.8 Å². The summed E-state index contributed by atoms with van der Waals surface area (Å²) in [5, 5.41) is 9.43. The highest BCUT2D eigenvalue weighted by Crippen LogP contribution is 2.22. The number of benzene rings is 2. The van der Waals surface area contributed by atoms with E-state index in [4.69, 9.17) is 0 Å². The Balaban J connectivity index is 1.95. The Labute approximate surface area is 135 Å². The number of rotatable bonds is 4. The van der Waals surface area contributed by atoms with Crippen molar-refractivity contribution in [3.63, 3.8) is 0 Å². The fraction of sp³-hybridized carbons (Fsp3) is 0.263. The molecule has 0 bridgehead atoms. The molecule has 0 aliphatic carbocycles. The molecule has 1 fully saturated rings. The van der Waals surface area contributed by atoms with Gasteiger partial charge in [-0.05, 0) is 18.9 Å². The van der Waals surface area contributed by atoms with Crippen LogP contribution in [0.5, 0.6) is 0 Å². The lowest BCUT2D eigenvalue weighted by molar-refractivity contribution is 0.0674. The van der Waals surface area contributed by atoms with E-state index in [2.05, 4.69) is 0 Å². The number of carbonyl (C=O) groups excluding carboxylic acids is 2. The number of amides is 1. The van der Waals surface area contributed by atoms with E-state index in [9.17, 15) is 14.7 Å². The Morgan fingerprint density at radius 2 is 1.65 bits per heavy atom. The number of carbonyl (C=O) groups is 2. The lowest BCUT2D eigenvalue weighted by Gasteiger charge is -2.24. The van der Waals surface area contributed by atoms with Crippen LogP contribution in [0.2, 0.25) is 0 Å². The molecule has 0 spiro atoms. The number of aliphatic hydroxyl groups is 1. The minimum absolute atomic E-state index is 0.0411. The van der Waals surface area contributed by atoms with Crippen LogP contribution in [0.3, 0.4) is 0 Å². The summed E-state index contributed by atoms with van der Waals surface area (Å²) in [4.78, 5) is 27.2. The second-order valence-electron chi connectivity index (χ2n) is 5.72. The van der Waals surface area contributed by atoms with Gasteiger partial charge in [0.1, 0.15) is 0 Å². The third-order valence-corrected chi connectivity index (χ3v) is 4.29. The predicted molar refractivity (Wildman–Crippen MR) is 87.5 cm³/mol. The molecule has 1 aliphatic rings. The first kappa shape index (κ1) is 15.4. The minimum atomic E-state index is -0.179. The second-order valence-corrected chi connectivity index (χ2v) is 5.72. The Kier molecular flexibility index (Phi) is 4.53. The molecule has 1 amide bonds. The molecule has 23 heavy (non-hydrogen) atoms. The van der Waals surface area contributed by atoms with Gasteiger partial charge in [0.15, 0.2) is 5.78 Å². The molecule has 3 rings (SSSR count). The standard InChI is InChI=1S/C19H19NO3/c21-13-15-9-6-12-20(15)19(23)17-11-5-4-10-16(17)18(22)14-7-2-1-3-8-14/h1-5,7-8,10-11,15,21H,6,9,12-13H2/t15-/m0/s1. The van der Waals surface area contributed by atoms with E-state index < -0.39 is 0 Å². The number of hydrogen-bond donors (Lipinski definition) is 1. The highest BCUT2D eigenvalue weighted by Gasteiger charge is 2.30. The second kappa shape index (κ2) is 6.75. The maximum atomic E-state index is 12.8. The molecule has 1 atom stereocenters. The summed E-state index contributed by atoms with van der Waals surface area (Å²) < 4.78 is 0. The highest BCUT2D eigenvalue weighted by atomic mass is 16.3. The third-order valence-electron chi connectivity index (χ3n) is 4.29. The van der Waals surface area contributed by atoms with E-state index >= 15 is 0 Å². The van der Waals surface area contributed by atoms with Crippen molar-refractivity contribution in [2.75, 3.05) is 13.2 Å². The summed E-state index contributed by atoms with van der Waals surface area (Å²) in [6.07, 6.45) is 1.68. The molecule has 2 aromatic carbocycles. The molecule has 4 heteroatoms. The monoisotopic (exact) mass is 309 g/mol. The SMILES string of the molecule is O=C(c1ccccc1)c1ccccc1C(=O)N1CCC[C@H]1CO. The van der Waals surface area contributed by atoms with Crippen LogP contribution < -0.4 is 0 Å². The van der Waals surface area contributed by atoms with Gasteiger partial charge < -0.3 is 10.0 Å². The van der Waals surface area contributed by atoms with Crippen LogP contribution in [0.15, 0.2) is 54.6 Å². The summed E-state index contributed by atoms with van der Waals surface area (Å²) in [7, 11) is 0. The lowest BCUT2D eigenvalue weighted by atomic mass is 9.97. The maximum Gasteiger partial charge on any atom is 0.254 e. The normalized spacial score (nSPS) is 17.3. The van der Waals surface area contributed by atoms with Crippen LogP contribution in [-0.2, 0) is 0 Å². The zero-order valence-corrected chi connectivity index (χ0v) is 12.8. The summed E-state index contributed by atoms with van der Waals surface area (Å²) in [6.45, 7) is 0.582. The van der Waals surface area contributed by atoms with Gasteiger partial charge in [-0.1, -0.05) is 48.5 Å². The van der Waals surface area contributed by atoms with Gasteiger partial charge in [-0.2, -0.15) is 0 Å².